The van der Waals surface area contributed by atoms with Crippen LogP contribution < -0.4 is 5.32 Å². The molecule has 22 heavy (non-hydrogen) atoms. The fourth-order valence-electron chi connectivity index (χ4n) is 2.33. The second kappa shape index (κ2) is 9.62. The van der Waals surface area contributed by atoms with Gasteiger partial charge in [0, 0.05) is 6.54 Å². The highest BCUT2D eigenvalue weighted by atomic mass is 32.2. The molecule has 5 heteroatoms. The molecule has 1 amide bonds. The molecule has 0 heterocycles. The number of benzene rings is 1. The van der Waals surface area contributed by atoms with Crippen LogP contribution in [0.1, 0.15) is 45.1 Å². The predicted octanol–water partition coefficient (Wildman–Crippen LogP) is 2.93. The monoisotopic (exact) mass is 325 g/mol. The summed E-state index contributed by atoms with van der Waals surface area (Å²) in [4.78, 5) is 11.9. The van der Waals surface area contributed by atoms with E-state index in [0.29, 0.717) is 18.0 Å². The molecule has 124 valence electrons. The maximum Gasteiger partial charge on any atom is 0.235 e. The molecule has 0 aliphatic rings. The number of rotatable bonds is 10. The van der Waals surface area contributed by atoms with Crippen LogP contribution in [0.2, 0.25) is 0 Å². The van der Waals surface area contributed by atoms with E-state index in [-0.39, 0.29) is 5.75 Å². The maximum atomic E-state index is 12.0. The predicted molar refractivity (Wildman–Crippen MR) is 90.2 cm³/mol. The Kier molecular flexibility index (Phi) is 8.17. The topological polar surface area (TPSA) is 63.2 Å². The van der Waals surface area contributed by atoms with E-state index in [9.17, 15) is 13.2 Å². The van der Waals surface area contributed by atoms with Crippen molar-refractivity contribution >= 4 is 15.7 Å². The zero-order valence-electron chi connectivity index (χ0n) is 13.5. The van der Waals surface area contributed by atoms with E-state index in [1.807, 2.05) is 6.07 Å². The highest BCUT2D eigenvalue weighted by molar-refractivity contribution is 7.91. The first-order chi connectivity index (χ1) is 10.5. The fraction of sp³-hybridized carbons (Fsp3) is 0.588. The average molecular weight is 325 g/mol. The lowest BCUT2D eigenvalue weighted by Crippen LogP contribution is -2.34. The minimum Gasteiger partial charge on any atom is -0.355 e. The maximum absolute atomic E-state index is 12.0. The molecule has 0 unspecified atom stereocenters. The highest BCUT2D eigenvalue weighted by Crippen LogP contribution is 2.11. The molecule has 0 aliphatic heterocycles. The number of hydrogen-bond acceptors (Lipinski definition) is 3. The Morgan fingerprint density at radius 2 is 1.86 bits per heavy atom. The second-order valence-corrected chi connectivity index (χ2v) is 7.80. The van der Waals surface area contributed by atoms with E-state index in [1.165, 1.54) is 0 Å². The molecule has 0 aliphatic carbocycles. The van der Waals surface area contributed by atoms with Gasteiger partial charge in [0.05, 0.1) is 5.75 Å². The lowest BCUT2D eigenvalue weighted by Gasteiger charge is -2.15. The number of amides is 1. The molecule has 1 aromatic rings. The minimum absolute atomic E-state index is 0.0890. The Morgan fingerprint density at radius 1 is 1.18 bits per heavy atom. The molecule has 1 atom stereocenters. The molecule has 1 rings (SSSR count). The van der Waals surface area contributed by atoms with E-state index >= 15 is 0 Å². The summed E-state index contributed by atoms with van der Waals surface area (Å²) >= 11 is 0. The van der Waals surface area contributed by atoms with Crippen molar-refractivity contribution in [3.05, 3.63) is 35.9 Å². The van der Waals surface area contributed by atoms with E-state index in [2.05, 4.69) is 19.2 Å². The summed E-state index contributed by atoms with van der Waals surface area (Å²) in [5.74, 6) is -0.493. The molecule has 0 saturated heterocycles. The molecule has 0 radical (unpaired) electrons. The first kappa shape index (κ1) is 18.7. The van der Waals surface area contributed by atoms with Crippen LogP contribution in [0.5, 0.6) is 0 Å². The van der Waals surface area contributed by atoms with E-state index < -0.39 is 21.5 Å². The van der Waals surface area contributed by atoms with Crippen LogP contribution in [0, 0.1) is 5.92 Å². The number of carbonyl (C=O) groups is 1. The van der Waals surface area contributed by atoms with Crippen LogP contribution in [0.3, 0.4) is 0 Å². The van der Waals surface area contributed by atoms with Gasteiger partial charge in [0.2, 0.25) is 5.91 Å². The summed E-state index contributed by atoms with van der Waals surface area (Å²) in [6.45, 7) is 4.80. The van der Waals surface area contributed by atoms with Crippen molar-refractivity contribution in [2.45, 2.75) is 45.3 Å². The van der Waals surface area contributed by atoms with Gasteiger partial charge in [0.15, 0.2) is 9.84 Å². The van der Waals surface area contributed by atoms with Gasteiger partial charge < -0.3 is 5.32 Å². The van der Waals surface area contributed by atoms with Crippen molar-refractivity contribution in [2.24, 2.45) is 5.92 Å². The standard InChI is InChI=1S/C17H27NO3S/c1-3-5-9-15(4-2)12-18-17(19)14-22(20,21)13-16-10-7-6-8-11-16/h6-8,10-11,15H,3-5,9,12-14H2,1-2H3,(H,18,19)/t15-/m0/s1. The first-order valence-corrected chi connectivity index (χ1v) is 9.80. The van der Waals surface area contributed by atoms with Gasteiger partial charge in [-0.1, -0.05) is 63.4 Å². The fourth-order valence-corrected chi connectivity index (χ4v) is 3.64. The summed E-state index contributed by atoms with van der Waals surface area (Å²) in [5.41, 5.74) is 0.713. The van der Waals surface area contributed by atoms with Gasteiger partial charge in [-0.2, -0.15) is 0 Å². The van der Waals surface area contributed by atoms with Crippen LogP contribution in [0.4, 0.5) is 0 Å². The number of hydrogen-bond donors (Lipinski definition) is 1. The van der Waals surface area contributed by atoms with Crippen molar-refractivity contribution in [1.29, 1.82) is 0 Å². The number of unbranched alkanes of at least 4 members (excludes halogenated alkanes) is 1. The van der Waals surface area contributed by atoms with Gasteiger partial charge in [-0.3, -0.25) is 4.79 Å². The van der Waals surface area contributed by atoms with Crippen molar-refractivity contribution in [3.8, 4) is 0 Å². The zero-order valence-corrected chi connectivity index (χ0v) is 14.4. The molecule has 0 aromatic heterocycles. The number of nitrogens with one attached hydrogen (secondary N) is 1. The Bertz CT molecular complexity index is 540. The van der Waals surface area contributed by atoms with Crippen molar-refractivity contribution in [3.63, 3.8) is 0 Å². The summed E-state index contributed by atoms with van der Waals surface area (Å²) < 4.78 is 24.1. The lowest BCUT2D eigenvalue weighted by atomic mass is 9.99. The van der Waals surface area contributed by atoms with Crippen LogP contribution in [-0.4, -0.2) is 26.6 Å². The summed E-state index contributed by atoms with van der Waals surface area (Å²) in [7, 11) is -3.42. The van der Waals surface area contributed by atoms with Gasteiger partial charge in [-0.25, -0.2) is 8.42 Å². The summed E-state index contributed by atoms with van der Waals surface area (Å²) in [6, 6.07) is 8.94. The molecule has 1 N–H and O–H groups in total. The highest BCUT2D eigenvalue weighted by Gasteiger charge is 2.18. The third-order valence-electron chi connectivity index (χ3n) is 3.71. The van der Waals surface area contributed by atoms with Crippen LogP contribution in [0.25, 0.3) is 0 Å². The summed E-state index contributed by atoms with van der Waals surface area (Å²) in [5, 5.41) is 2.77. The molecule has 0 fully saturated rings. The Hall–Kier alpha value is -1.36. The molecule has 4 nitrogen and oxygen atoms in total. The van der Waals surface area contributed by atoms with Crippen molar-refractivity contribution in [1.82, 2.24) is 5.32 Å². The molecule has 0 spiro atoms. The van der Waals surface area contributed by atoms with Crippen LogP contribution in [0.15, 0.2) is 30.3 Å². The van der Waals surface area contributed by atoms with Gasteiger partial charge in [0.25, 0.3) is 0 Å². The quantitative estimate of drug-likeness (QED) is 0.719. The van der Waals surface area contributed by atoms with Crippen LogP contribution >= 0.6 is 0 Å². The number of sulfone groups is 1. The third kappa shape index (κ3) is 7.59. The van der Waals surface area contributed by atoms with Gasteiger partial charge in [-0.05, 0) is 17.9 Å². The van der Waals surface area contributed by atoms with E-state index in [4.69, 9.17) is 0 Å². The van der Waals surface area contributed by atoms with Gasteiger partial charge >= 0.3 is 0 Å². The SMILES string of the molecule is CCCC[C@H](CC)CNC(=O)CS(=O)(=O)Cc1ccccc1. The molecule has 0 saturated carbocycles. The molecule has 1 aromatic carbocycles. The number of carbonyl (C=O) groups excluding carboxylic acids is 1. The average Bonchev–Trinajstić information content (AvgIpc) is 2.47. The Morgan fingerprint density at radius 3 is 2.45 bits per heavy atom. The molecule has 0 bridgehead atoms. The van der Waals surface area contributed by atoms with Gasteiger partial charge in [0.1, 0.15) is 5.75 Å². The van der Waals surface area contributed by atoms with Crippen molar-refractivity contribution in [2.75, 3.05) is 12.3 Å². The van der Waals surface area contributed by atoms with Gasteiger partial charge in [-0.15, -0.1) is 0 Å². The lowest BCUT2D eigenvalue weighted by molar-refractivity contribution is -0.118. The normalized spacial score (nSPS) is 12.8. The van der Waals surface area contributed by atoms with Crippen LogP contribution in [-0.2, 0) is 20.4 Å². The Balaban J connectivity index is 2.43. The largest absolute Gasteiger partial charge is 0.355 e. The third-order valence-corrected chi connectivity index (χ3v) is 5.19. The van der Waals surface area contributed by atoms with Crippen molar-refractivity contribution < 1.29 is 13.2 Å². The minimum atomic E-state index is -3.42. The first-order valence-electron chi connectivity index (χ1n) is 7.98. The van der Waals surface area contributed by atoms with E-state index in [0.717, 1.165) is 25.7 Å². The molecular weight excluding hydrogens is 298 g/mol. The zero-order chi connectivity index (χ0) is 16.4. The molecular formula is C17H27NO3S. The smallest absolute Gasteiger partial charge is 0.235 e. The van der Waals surface area contributed by atoms with E-state index in [1.54, 1.807) is 24.3 Å². The second-order valence-electron chi connectivity index (χ2n) is 5.74. The summed E-state index contributed by atoms with van der Waals surface area (Å²) in [6.07, 6.45) is 4.34. The Labute approximate surface area is 134 Å².